The summed E-state index contributed by atoms with van der Waals surface area (Å²) in [5.74, 6) is 0.754. The van der Waals surface area contributed by atoms with Crippen LogP contribution in [0.5, 0.6) is 5.75 Å². The number of nitrogens with one attached hydrogen (secondary N) is 1. The highest BCUT2D eigenvalue weighted by Gasteiger charge is 2.40. The largest absolute Gasteiger partial charge is 0.489 e. The van der Waals surface area contributed by atoms with E-state index < -0.39 is 0 Å². The van der Waals surface area contributed by atoms with Crippen molar-refractivity contribution < 1.29 is 9.47 Å². The fourth-order valence-electron chi connectivity index (χ4n) is 3.02. The number of ether oxygens (including phenoxy) is 2. The summed E-state index contributed by atoms with van der Waals surface area (Å²) in [5, 5.41) is 3.52. The lowest BCUT2D eigenvalue weighted by molar-refractivity contribution is 0.102. The van der Waals surface area contributed by atoms with Gasteiger partial charge in [0.15, 0.2) is 0 Å². The highest BCUT2D eigenvalue weighted by molar-refractivity contribution is 5.73. The van der Waals surface area contributed by atoms with Crippen molar-refractivity contribution in [1.82, 2.24) is 0 Å². The van der Waals surface area contributed by atoms with Crippen molar-refractivity contribution in [3.8, 4) is 5.75 Å². The van der Waals surface area contributed by atoms with Gasteiger partial charge in [0.25, 0.3) is 0 Å². The van der Waals surface area contributed by atoms with E-state index in [-0.39, 0.29) is 6.10 Å². The molecule has 3 N–H and O–H groups in total. The van der Waals surface area contributed by atoms with E-state index in [0.717, 1.165) is 24.3 Å². The summed E-state index contributed by atoms with van der Waals surface area (Å²) in [7, 11) is 0. The van der Waals surface area contributed by atoms with Gasteiger partial charge in [-0.25, -0.2) is 0 Å². The summed E-state index contributed by atoms with van der Waals surface area (Å²) in [4.78, 5) is 0. The molecular weight excluding hydrogens is 240 g/mol. The van der Waals surface area contributed by atoms with Crippen molar-refractivity contribution in [2.45, 2.75) is 57.5 Å². The quantitative estimate of drug-likeness (QED) is 0.819. The number of para-hydroxylation sites is 1. The standard InChI is InChI=1S/C15H22N2O2/c1-9(2)18-14-5-3-4-11(15(14)16)17-12-8-10-6-7-13(12)19-10/h3-5,9-10,12-13,17H,6-8,16H2,1-2H3. The van der Waals surface area contributed by atoms with Gasteiger partial charge in [0.2, 0.25) is 0 Å². The van der Waals surface area contributed by atoms with Crippen LogP contribution in [0.15, 0.2) is 18.2 Å². The van der Waals surface area contributed by atoms with Gasteiger partial charge >= 0.3 is 0 Å². The minimum atomic E-state index is 0.128. The van der Waals surface area contributed by atoms with Crippen molar-refractivity contribution in [2.24, 2.45) is 0 Å². The molecule has 3 rings (SSSR count). The van der Waals surface area contributed by atoms with Crippen LogP contribution in [0.4, 0.5) is 11.4 Å². The molecule has 1 aromatic carbocycles. The van der Waals surface area contributed by atoms with Gasteiger partial charge in [0.1, 0.15) is 5.75 Å². The lowest BCUT2D eigenvalue weighted by Gasteiger charge is -2.23. The smallest absolute Gasteiger partial charge is 0.144 e. The number of hydrogen-bond donors (Lipinski definition) is 2. The molecule has 2 heterocycles. The van der Waals surface area contributed by atoms with E-state index in [4.69, 9.17) is 15.2 Å². The van der Waals surface area contributed by atoms with E-state index >= 15 is 0 Å². The van der Waals surface area contributed by atoms with Crippen LogP contribution in [0.1, 0.15) is 33.1 Å². The first kappa shape index (κ1) is 12.6. The Morgan fingerprint density at radius 2 is 2.21 bits per heavy atom. The molecule has 0 saturated carbocycles. The summed E-state index contributed by atoms with van der Waals surface area (Å²) < 4.78 is 11.6. The Hall–Kier alpha value is -1.42. The molecule has 0 aliphatic carbocycles. The van der Waals surface area contributed by atoms with E-state index in [9.17, 15) is 0 Å². The first-order valence-electron chi connectivity index (χ1n) is 7.10. The number of nitrogens with two attached hydrogens (primary N) is 1. The number of nitrogen functional groups attached to an aromatic ring is 1. The third-order valence-corrected chi connectivity index (χ3v) is 3.88. The predicted octanol–water partition coefficient (Wildman–Crippen LogP) is 2.79. The topological polar surface area (TPSA) is 56.5 Å². The molecule has 2 aliphatic rings. The predicted molar refractivity (Wildman–Crippen MR) is 76.5 cm³/mol. The van der Waals surface area contributed by atoms with Crippen LogP contribution in [-0.2, 0) is 4.74 Å². The van der Waals surface area contributed by atoms with Gasteiger partial charge in [0.05, 0.1) is 35.7 Å². The van der Waals surface area contributed by atoms with Crippen molar-refractivity contribution in [1.29, 1.82) is 0 Å². The van der Waals surface area contributed by atoms with E-state index in [1.165, 1.54) is 6.42 Å². The Morgan fingerprint density at radius 1 is 1.37 bits per heavy atom. The second kappa shape index (κ2) is 4.93. The van der Waals surface area contributed by atoms with E-state index in [2.05, 4.69) is 5.32 Å². The van der Waals surface area contributed by atoms with Crippen LogP contribution in [0.3, 0.4) is 0 Å². The molecule has 0 aromatic heterocycles. The molecule has 3 unspecified atom stereocenters. The molecular formula is C15H22N2O2. The Labute approximate surface area is 114 Å². The highest BCUT2D eigenvalue weighted by atomic mass is 16.5. The number of hydrogen-bond acceptors (Lipinski definition) is 4. The third kappa shape index (κ3) is 2.50. The summed E-state index contributed by atoms with van der Waals surface area (Å²) in [5.41, 5.74) is 7.83. The van der Waals surface area contributed by atoms with Gasteiger partial charge in [-0.15, -0.1) is 0 Å². The van der Waals surface area contributed by atoms with E-state index in [0.29, 0.717) is 23.9 Å². The zero-order chi connectivity index (χ0) is 13.4. The molecule has 2 aliphatic heterocycles. The Bertz CT molecular complexity index is 461. The molecule has 4 nitrogen and oxygen atoms in total. The summed E-state index contributed by atoms with van der Waals surface area (Å²) in [6.45, 7) is 4.01. The number of fused-ring (bicyclic) bond motifs is 2. The molecule has 2 fully saturated rings. The van der Waals surface area contributed by atoms with Gasteiger partial charge < -0.3 is 20.5 Å². The van der Waals surface area contributed by atoms with Gasteiger partial charge in [-0.05, 0) is 45.2 Å². The van der Waals surface area contributed by atoms with E-state index in [1.807, 2.05) is 32.0 Å². The van der Waals surface area contributed by atoms with Crippen LogP contribution in [-0.4, -0.2) is 24.4 Å². The van der Waals surface area contributed by atoms with Crippen molar-refractivity contribution in [3.05, 3.63) is 18.2 Å². The van der Waals surface area contributed by atoms with E-state index in [1.54, 1.807) is 0 Å². The third-order valence-electron chi connectivity index (χ3n) is 3.88. The van der Waals surface area contributed by atoms with Crippen molar-refractivity contribution >= 4 is 11.4 Å². The maximum Gasteiger partial charge on any atom is 0.144 e. The minimum Gasteiger partial charge on any atom is -0.489 e. The number of anilines is 2. The fourth-order valence-corrected chi connectivity index (χ4v) is 3.02. The van der Waals surface area contributed by atoms with Crippen LogP contribution >= 0.6 is 0 Å². The van der Waals surface area contributed by atoms with Crippen molar-refractivity contribution in [3.63, 3.8) is 0 Å². The maximum atomic E-state index is 6.18. The average molecular weight is 262 g/mol. The lowest BCUT2D eigenvalue weighted by atomic mass is 9.95. The molecule has 0 spiro atoms. The monoisotopic (exact) mass is 262 g/mol. The Morgan fingerprint density at radius 3 is 2.84 bits per heavy atom. The second-order valence-corrected chi connectivity index (χ2v) is 5.74. The molecule has 0 amide bonds. The first-order chi connectivity index (χ1) is 9.13. The summed E-state index contributed by atoms with van der Waals surface area (Å²) in [6.07, 6.45) is 4.36. The molecule has 4 heteroatoms. The second-order valence-electron chi connectivity index (χ2n) is 5.74. The van der Waals surface area contributed by atoms with Crippen LogP contribution < -0.4 is 15.8 Å². The maximum absolute atomic E-state index is 6.18. The van der Waals surface area contributed by atoms with Gasteiger partial charge in [0, 0.05) is 0 Å². The summed E-state index contributed by atoms with van der Waals surface area (Å²) >= 11 is 0. The van der Waals surface area contributed by atoms with Crippen LogP contribution in [0, 0.1) is 0 Å². The molecule has 2 bridgehead atoms. The molecule has 19 heavy (non-hydrogen) atoms. The van der Waals surface area contributed by atoms with Crippen LogP contribution in [0.25, 0.3) is 0 Å². The molecule has 2 saturated heterocycles. The zero-order valence-electron chi connectivity index (χ0n) is 11.6. The highest BCUT2D eigenvalue weighted by Crippen LogP contribution is 2.38. The van der Waals surface area contributed by atoms with Crippen molar-refractivity contribution in [2.75, 3.05) is 11.1 Å². The molecule has 0 radical (unpaired) electrons. The van der Waals surface area contributed by atoms with Crippen LogP contribution in [0.2, 0.25) is 0 Å². The number of rotatable bonds is 4. The SMILES string of the molecule is CC(C)Oc1cccc(NC2CC3CCC2O3)c1N. The first-order valence-corrected chi connectivity index (χ1v) is 7.10. The summed E-state index contributed by atoms with van der Waals surface area (Å²) in [6, 6.07) is 6.28. The van der Waals surface area contributed by atoms with Gasteiger partial charge in [-0.3, -0.25) is 0 Å². The number of benzene rings is 1. The van der Waals surface area contributed by atoms with Gasteiger partial charge in [-0.1, -0.05) is 6.07 Å². The lowest BCUT2D eigenvalue weighted by Crippen LogP contribution is -2.30. The average Bonchev–Trinajstić information content (AvgIpc) is 2.96. The minimum absolute atomic E-state index is 0.128. The Balaban J connectivity index is 1.74. The zero-order valence-corrected chi connectivity index (χ0v) is 11.6. The van der Waals surface area contributed by atoms with Gasteiger partial charge in [-0.2, -0.15) is 0 Å². The Kier molecular flexibility index (Phi) is 3.27. The molecule has 104 valence electrons. The molecule has 3 atom stereocenters. The molecule has 1 aromatic rings. The fraction of sp³-hybridized carbons (Fsp3) is 0.600. The normalized spacial score (nSPS) is 28.9.